The second kappa shape index (κ2) is 5.68. The number of alkyl halides is 3. The van der Waals surface area contributed by atoms with E-state index in [-0.39, 0.29) is 0 Å². The van der Waals surface area contributed by atoms with Crippen LogP contribution < -0.4 is 5.48 Å². The molecular formula is C12H12F3NO2. The second-order valence-corrected chi connectivity index (χ2v) is 3.57. The number of amides is 1. The van der Waals surface area contributed by atoms with Gasteiger partial charge in [0.2, 0.25) is 0 Å². The van der Waals surface area contributed by atoms with Crippen LogP contribution in [0.4, 0.5) is 13.2 Å². The SMILES string of the molecule is CONC(=O)/C=C(/C)c1ccc(C(F)(F)F)cc1. The summed E-state index contributed by atoms with van der Waals surface area (Å²) in [6.07, 6.45) is -3.12. The molecule has 0 aliphatic rings. The molecular weight excluding hydrogens is 247 g/mol. The lowest BCUT2D eigenvalue weighted by molar-refractivity contribution is -0.137. The molecule has 0 atom stereocenters. The molecule has 1 aromatic carbocycles. The maximum atomic E-state index is 12.3. The van der Waals surface area contributed by atoms with Gasteiger partial charge in [-0.1, -0.05) is 12.1 Å². The Labute approximate surface area is 102 Å². The minimum absolute atomic E-state index is 0.477. The third-order valence-electron chi connectivity index (χ3n) is 2.22. The minimum atomic E-state index is -4.36. The van der Waals surface area contributed by atoms with E-state index in [0.29, 0.717) is 11.1 Å². The van der Waals surface area contributed by atoms with Crippen LogP contribution in [0.3, 0.4) is 0 Å². The van der Waals surface area contributed by atoms with Gasteiger partial charge in [0, 0.05) is 6.08 Å². The topological polar surface area (TPSA) is 38.3 Å². The highest BCUT2D eigenvalue weighted by Gasteiger charge is 2.29. The number of hydrogen-bond donors (Lipinski definition) is 1. The van der Waals surface area contributed by atoms with E-state index in [1.807, 2.05) is 0 Å². The Morgan fingerprint density at radius 1 is 1.28 bits per heavy atom. The average Bonchev–Trinajstić information content (AvgIpc) is 2.28. The summed E-state index contributed by atoms with van der Waals surface area (Å²) >= 11 is 0. The van der Waals surface area contributed by atoms with Crippen molar-refractivity contribution in [1.29, 1.82) is 0 Å². The first-order valence-corrected chi connectivity index (χ1v) is 5.03. The molecule has 0 aliphatic heterocycles. The van der Waals surface area contributed by atoms with Crippen molar-refractivity contribution >= 4 is 11.5 Å². The van der Waals surface area contributed by atoms with Crippen molar-refractivity contribution < 1.29 is 22.8 Å². The molecule has 0 radical (unpaired) electrons. The van der Waals surface area contributed by atoms with E-state index in [9.17, 15) is 18.0 Å². The number of nitrogens with one attached hydrogen (secondary N) is 1. The molecule has 3 nitrogen and oxygen atoms in total. The maximum absolute atomic E-state index is 12.3. The number of hydroxylamine groups is 1. The summed E-state index contributed by atoms with van der Waals surface area (Å²) in [6.45, 7) is 1.62. The zero-order valence-corrected chi connectivity index (χ0v) is 9.84. The van der Waals surface area contributed by atoms with E-state index in [2.05, 4.69) is 10.3 Å². The predicted molar refractivity (Wildman–Crippen MR) is 60.2 cm³/mol. The molecule has 0 unspecified atom stereocenters. The highest BCUT2D eigenvalue weighted by atomic mass is 19.4. The molecule has 1 N–H and O–H groups in total. The van der Waals surface area contributed by atoms with Crippen molar-refractivity contribution in [1.82, 2.24) is 5.48 Å². The minimum Gasteiger partial charge on any atom is -0.277 e. The summed E-state index contributed by atoms with van der Waals surface area (Å²) in [5.41, 5.74) is 2.44. The van der Waals surface area contributed by atoms with Gasteiger partial charge in [0.25, 0.3) is 5.91 Å². The van der Waals surface area contributed by atoms with E-state index < -0.39 is 17.6 Å². The number of allylic oxidation sites excluding steroid dienone is 1. The third-order valence-corrected chi connectivity index (χ3v) is 2.22. The smallest absolute Gasteiger partial charge is 0.277 e. The summed E-state index contributed by atoms with van der Waals surface area (Å²) in [7, 11) is 1.29. The molecule has 1 amide bonds. The van der Waals surface area contributed by atoms with Crippen molar-refractivity contribution in [2.24, 2.45) is 0 Å². The lowest BCUT2D eigenvalue weighted by atomic mass is 10.0. The van der Waals surface area contributed by atoms with E-state index >= 15 is 0 Å². The molecule has 6 heteroatoms. The van der Waals surface area contributed by atoms with Gasteiger partial charge in [0.15, 0.2) is 0 Å². The number of carbonyl (C=O) groups is 1. The van der Waals surface area contributed by atoms with Gasteiger partial charge in [0.1, 0.15) is 0 Å². The first kappa shape index (κ1) is 14.2. The highest BCUT2D eigenvalue weighted by molar-refractivity contribution is 5.94. The molecule has 18 heavy (non-hydrogen) atoms. The molecule has 0 spiro atoms. The lowest BCUT2D eigenvalue weighted by Gasteiger charge is -2.07. The van der Waals surface area contributed by atoms with Gasteiger partial charge < -0.3 is 0 Å². The largest absolute Gasteiger partial charge is 0.416 e. The fourth-order valence-corrected chi connectivity index (χ4v) is 1.33. The van der Waals surface area contributed by atoms with E-state index in [1.165, 1.54) is 25.3 Å². The predicted octanol–water partition coefficient (Wildman–Crippen LogP) is 2.79. The zero-order valence-electron chi connectivity index (χ0n) is 9.84. The van der Waals surface area contributed by atoms with Crippen LogP contribution >= 0.6 is 0 Å². The summed E-state index contributed by atoms with van der Waals surface area (Å²) in [6, 6.07) is 4.57. The van der Waals surface area contributed by atoms with Crippen LogP contribution in [0.25, 0.3) is 5.57 Å². The van der Waals surface area contributed by atoms with Gasteiger partial charge in [-0.05, 0) is 30.2 Å². The highest BCUT2D eigenvalue weighted by Crippen LogP contribution is 2.29. The van der Waals surface area contributed by atoms with Crippen LogP contribution in [0.5, 0.6) is 0 Å². The number of rotatable bonds is 3. The monoisotopic (exact) mass is 259 g/mol. The molecule has 98 valence electrons. The Bertz CT molecular complexity index is 449. The van der Waals surface area contributed by atoms with E-state index in [1.54, 1.807) is 6.92 Å². The summed E-state index contributed by atoms with van der Waals surface area (Å²) in [4.78, 5) is 15.6. The van der Waals surface area contributed by atoms with E-state index in [0.717, 1.165) is 12.1 Å². The number of halogens is 3. The Kier molecular flexibility index (Phi) is 4.49. The normalized spacial score (nSPS) is 12.4. The third kappa shape index (κ3) is 3.89. The van der Waals surface area contributed by atoms with Gasteiger partial charge in [-0.25, -0.2) is 5.48 Å². The molecule has 0 saturated heterocycles. The van der Waals surface area contributed by atoms with Crippen LogP contribution in [-0.4, -0.2) is 13.0 Å². The van der Waals surface area contributed by atoms with Crippen molar-refractivity contribution in [3.63, 3.8) is 0 Å². The Hall–Kier alpha value is -1.82. The van der Waals surface area contributed by atoms with Crippen molar-refractivity contribution in [2.45, 2.75) is 13.1 Å². The molecule has 0 fully saturated rings. The van der Waals surface area contributed by atoms with Crippen LogP contribution in [-0.2, 0) is 15.8 Å². The Balaban J connectivity index is 2.89. The Morgan fingerprint density at radius 3 is 2.28 bits per heavy atom. The van der Waals surface area contributed by atoms with Gasteiger partial charge in [-0.2, -0.15) is 13.2 Å². The van der Waals surface area contributed by atoms with Crippen molar-refractivity contribution in [2.75, 3.05) is 7.11 Å². The van der Waals surface area contributed by atoms with Crippen molar-refractivity contribution in [3.05, 3.63) is 41.5 Å². The van der Waals surface area contributed by atoms with Gasteiger partial charge >= 0.3 is 6.18 Å². The number of carbonyl (C=O) groups excluding carboxylic acids is 1. The molecule has 0 bridgehead atoms. The lowest BCUT2D eigenvalue weighted by Crippen LogP contribution is -2.19. The van der Waals surface area contributed by atoms with Crippen LogP contribution in [0, 0.1) is 0 Å². The number of hydrogen-bond acceptors (Lipinski definition) is 2. The molecule has 1 aromatic rings. The summed E-state index contributed by atoms with van der Waals surface area (Å²) < 4.78 is 37.0. The fraction of sp³-hybridized carbons (Fsp3) is 0.250. The summed E-state index contributed by atoms with van der Waals surface area (Å²) in [5, 5.41) is 0. The fourth-order valence-electron chi connectivity index (χ4n) is 1.33. The van der Waals surface area contributed by atoms with Gasteiger partial charge in [-0.15, -0.1) is 0 Å². The van der Waals surface area contributed by atoms with Gasteiger partial charge in [0.05, 0.1) is 12.7 Å². The molecule has 0 saturated carbocycles. The standard InChI is InChI=1S/C12H12F3NO2/c1-8(7-11(17)16-18-2)9-3-5-10(6-4-9)12(13,14)15/h3-7H,1-2H3,(H,16,17)/b8-7-. The molecule has 0 aliphatic carbocycles. The first-order chi connectivity index (χ1) is 8.34. The molecule has 1 rings (SSSR count). The maximum Gasteiger partial charge on any atom is 0.416 e. The second-order valence-electron chi connectivity index (χ2n) is 3.57. The van der Waals surface area contributed by atoms with Crippen LogP contribution in [0.1, 0.15) is 18.1 Å². The average molecular weight is 259 g/mol. The zero-order chi connectivity index (χ0) is 13.8. The quantitative estimate of drug-likeness (QED) is 0.669. The number of benzene rings is 1. The Morgan fingerprint density at radius 2 is 1.83 bits per heavy atom. The van der Waals surface area contributed by atoms with Gasteiger partial charge in [-0.3, -0.25) is 9.63 Å². The van der Waals surface area contributed by atoms with Crippen molar-refractivity contribution in [3.8, 4) is 0 Å². The molecule has 0 aromatic heterocycles. The molecule has 0 heterocycles. The van der Waals surface area contributed by atoms with E-state index in [4.69, 9.17) is 0 Å². The summed E-state index contributed by atoms with van der Waals surface area (Å²) in [5.74, 6) is -0.477. The van der Waals surface area contributed by atoms with Crippen LogP contribution in [0.2, 0.25) is 0 Å². The van der Waals surface area contributed by atoms with Crippen LogP contribution in [0.15, 0.2) is 30.3 Å². The first-order valence-electron chi connectivity index (χ1n) is 5.03.